The number of hydrogen-bond acceptors (Lipinski definition) is 4. The Labute approximate surface area is 91.5 Å². The lowest BCUT2D eigenvalue weighted by atomic mass is 10.1. The average molecular weight is 224 g/mol. The van der Waals surface area contributed by atoms with Crippen molar-refractivity contribution in [3.63, 3.8) is 0 Å². The molecule has 0 fully saturated rings. The first kappa shape index (κ1) is 9.95. The maximum absolute atomic E-state index is 5.95. The number of H-pyrrole nitrogens is 1. The van der Waals surface area contributed by atoms with E-state index in [4.69, 9.17) is 23.1 Å². The van der Waals surface area contributed by atoms with Gasteiger partial charge in [-0.3, -0.25) is 5.10 Å². The first-order chi connectivity index (χ1) is 7.16. The molecule has 0 aliphatic rings. The number of aromatic amines is 1. The zero-order valence-electron chi connectivity index (χ0n) is 7.81. The van der Waals surface area contributed by atoms with E-state index in [0.717, 1.165) is 5.56 Å². The van der Waals surface area contributed by atoms with E-state index in [-0.39, 0.29) is 12.0 Å². The van der Waals surface area contributed by atoms with Gasteiger partial charge in [-0.05, 0) is 17.7 Å². The second-order valence-corrected chi connectivity index (χ2v) is 3.54. The smallest absolute Gasteiger partial charge is 0.239 e. The largest absolute Gasteiger partial charge is 0.367 e. The lowest BCUT2D eigenvalue weighted by molar-refractivity contribution is 0.787. The first-order valence-corrected chi connectivity index (χ1v) is 4.73. The topological polar surface area (TPSA) is 93.6 Å². The van der Waals surface area contributed by atoms with Crippen molar-refractivity contribution >= 4 is 17.5 Å². The van der Waals surface area contributed by atoms with Crippen LogP contribution in [-0.4, -0.2) is 15.2 Å². The maximum Gasteiger partial charge on any atom is 0.239 e. The van der Waals surface area contributed by atoms with E-state index < -0.39 is 0 Å². The van der Waals surface area contributed by atoms with Crippen molar-refractivity contribution in [1.82, 2.24) is 15.2 Å². The monoisotopic (exact) mass is 223 g/mol. The average Bonchev–Trinajstić information content (AvgIpc) is 2.65. The molecule has 0 aliphatic heterocycles. The van der Waals surface area contributed by atoms with Crippen molar-refractivity contribution in [2.45, 2.75) is 6.04 Å². The van der Waals surface area contributed by atoms with Crippen LogP contribution in [0.3, 0.4) is 0 Å². The van der Waals surface area contributed by atoms with Crippen molar-refractivity contribution in [1.29, 1.82) is 0 Å². The molecule has 0 aliphatic carbocycles. The summed E-state index contributed by atoms with van der Waals surface area (Å²) in [6.45, 7) is 0. The highest BCUT2D eigenvalue weighted by Gasteiger charge is 2.12. The molecule has 0 spiro atoms. The van der Waals surface area contributed by atoms with Gasteiger partial charge in [0, 0.05) is 5.02 Å². The van der Waals surface area contributed by atoms with E-state index in [1.54, 1.807) is 12.1 Å². The summed E-state index contributed by atoms with van der Waals surface area (Å²) in [5, 5.41) is 7.06. The van der Waals surface area contributed by atoms with Crippen LogP contribution in [0, 0.1) is 0 Å². The van der Waals surface area contributed by atoms with Crippen molar-refractivity contribution < 1.29 is 0 Å². The van der Waals surface area contributed by atoms with Gasteiger partial charge in [-0.1, -0.05) is 23.7 Å². The van der Waals surface area contributed by atoms with Crippen molar-refractivity contribution in [3.8, 4) is 0 Å². The van der Waals surface area contributed by atoms with E-state index >= 15 is 0 Å². The van der Waals surface area contributed by atoms with Crippen LogP contribution >= 0.6 is 11.6 Å². The molecule has 0 bridgehead atoms. The molecule has 2 aromatic rings. The van der Waals surface area contributed by atoms with Crippen LogP contribution in [0.4, 0.5) is 5.95 Å². The molecular formula is C9H10ClN5. The van der Waals surface area contributed by atoms with E-state index in [1.807, 2.05) is 12.1 Å². The van der Waals surface area contributed by atoms with Crippen molar-refractivity contribution in [2.75, 3.05) is 5.73 Å². The number of halogens is 1. The lowest BCUT2D eigenvalue weighted by Crippen LogP contribution is -2.13. The highest BCUT2D eigenvalue weighted by Crippen LogP contribution is 2.18. The molecule has 1 aromatic carbocycles. The van der Waals surface area contributed by atoms with Gasteiger partial charge in [0.05, 0.1) is 6.04 Å². The third kappa shape index (κ3) is 2.08. The van der Waals surface area contributed by atoms with Crippen molar-refractivity contribution in [2.24, 2.45) is 5.73 Å². The summed E-state index contributed by atoms with van der Waals surface area (Å²) in [7, 11) is 0. The summed E-state index contributed by atoms with van der Waals surface area (Å²) < 4.78 is 0. The van der Waals surface area contributed by atoms with E-state index in [2.05, 4.69) is 15.2 Å². The Morgan fingerprint density at radius 1 is 1.27 bits per heavy atom. The van der Waals surface area contributed by atoms with E-state index in [9.17, 15) is 0 Å². The van der Waals surface area contributed by atoms with Crippen LogP contribution < -0.4 is 11.5 Å². The molecule has 1 aromatic heterocycles. The van der Waals surface area contributed by atoms with Crippen LogP contribution in [0.5, 0.6) is 0 Å². The third-order valence-corrected chi connectivity index (χ3v) is 2.30. The minimum Gasteiger partial charge on any atom is -0.367 e. The number of nitrogen functional groups attached to an aromatic ring is 1. The fourth-order valence-corrected chi connectivity index (χ4v) is 1.38. The standard InChI is InChI=1S/C9H10ClN5/c10-6-3-1-5(2-4-6)7(11)8-13-9(12)15-14-8/h1-4,7H,11H2,(H3,12,13,14,15)/t7-/m0/s1. The normalized spacial score (nSPS) is 12.7. The molecule has 0 amide bonds. The number of hydrogen-bond donors (Lipinski definition) is 3. The summed E-state index contributed by atoms with van der Waals surface area (Å²) >= 11 is 5.77. The number of nitrogens with two attached hydrogens (primary N) is 2. The Hall–Kier alpha value is -1.59. The zero-order chi connectivity index (χ0) is 10.8. The molecule has 2 rings (SSSR count). The molecule has 5 nitrogen and oxygen atoms in total. The van der Waals surface area contributed by atoms with Crippen LogP contribution in [0.1, 0.15) is 17.4 Å². The molecule has 78 valence electrons. The number of aromatic nitrogens is 3. The minimum absolute atomic E-state index is 0.189. The lowest BCUT2D eigenvalue weighted by Gasteiger charge is -2.07. The maximum atomic E-state index is 5.95. The molecule has 0 saturated carbocycles. The van der Waals surface area contributed by atoms with E-state index in [1.165, 1.54) is 0 Å². The molecule has 0 unspecified atom stereocenters. The number of nitrogens with zero attached hydrogens (tertiary/aromatic N) is 2. The molecule has 0 saturated heterocycles. The number of benzene rings is 1. The SMILES string of the molecule is Nc1n[nH]c([C@@H](N)c2ccc(Cl)cc2)n1. The summed E-state index contributed by atoms with van der Waals surface area (Å²) in [6.07, 6.45) is 0. The summed E-state index contributed by atoms with van der Waals surface area (Å²) in [6, 6.07) is 6.86. The molecule has 5 N–H and O–H groups in total. The predicted molar refractivity (Wildman–Crippen MR) is 58.3 cm³/mol. The van der Waals surface area contributed by atoms with Crippen LogP contribution in [0.2, 0.25) is 5.02 Å². The van der Waals surface area contributed by atoms with Crippen LogP contribution in [0.25, 0.3) is 0 Å². The molecule has 1 atom stereocenters. The summed E-state index contributed by atoms with van der Waals surface area (Å²) in [5.41, 5.74) is 12.2. The fraction of sp³-hybridized carbons (Fsp3) is 0.111. The van der Waals surface area contributed by atoms with Gasteiger partial charge >= 0.3 is 0 Å². The van der Waals surface area contributed by atoms with Crippen LogP contribution in [0.15, 0.2) is 24.3 Å². The number of anilines is 1. The van der Waals surface area contributed by atoms with Gasteiger partial charge in [0.2, 0.25) is 5.95 Å². The molecule has 6 heteroatoms. The van der Waals surface area contributed by atoms with Gasteiger partial charge in [-0.25, -0.2) is 0 Å². The van der Waals surface area contributed by atoms with Gasteiger partial charge < -0.3 is 11.5 Å². The number of nitrogens with one attached hydrogen (secondary N) is 1. The Kier molecular flexibility index (Phi) is 2.57. The second-order valence-electron chi connectivity index (χ2n) is 3.11. The fourth-order valence-electron chi connectivity index (χ4n) is 1.26. The van der Waals surface area contributed by atoms with Crippen LogP contribution in [-0.2, 0) is 0 Å². The molecular weight excluding hydrogens is 214 g/mol. The summed E-state index contributed by atoms with van der Waals surface area (Å²) in [5.74, 6) is 0.726. The Morgan fingerprint density at radius 2 is 1.93 bits per heavy atom. The van der Waals surface area contributed by atoms with Gasteiger partial charge in [0.1, 0.15) is 5.82 Å². The number of rotatable bonds is 2. The van der Waals surface area contributed by atoms with Gasteiger partial charge in [0.25, 0.3) is 0 Å². The quantitative estimate of drug-likeness (QED) is 0.710. The zero-order valence-corrected chi connectivity index (χ0v) is 8.57. The Balaban J connectivity index is 2.28. The Bertz CT molecular complexity index is 450. The van der Waals surface area contributed by atoms with Gasteiger partial charge in [-0.2, -0.15) is 4.98 Å². The first-order valence-electron chi connectivity index (χ1n) is 4.35. The second kappa shape index (κ2) is 3.88. The van der Waals surface area contributed by atoms with Gasteiger partial charge in [0.15, 0.2) is 0 Å². The predicted octanol–water partition coefficient (Wildman–Crippen LogP) is 1.09. The summed E-state index contributed by atoms with van der Waals surface area (Å²) in [4.78, 5) is 3.96. The molecule has 0 radical (unpaired) electrons. The third-order valence-electron chi connectivity index (χ3n) is 2.04. The van der Waals surface area contributed by atoms with E-state index in [0.29, 0.717) is 10.8 Å². The minimum atomic E-state index is -0.368. The molecule has 1 heterocycles. The highest BCUT2D eigenvalue weighted by molar-refractivity contribution is 6.30. The highest BCUT2D eigenvalue weighted by atomic mass is 35.5. The Morgan fingerprint density at radius 3 is 2.47 bits per heavy atom. The van der Waals surface area contributed by atoms with Crippen molar-refractivity contribution in [3.05, 3.63) is 40.7 Å². The van der Waals surface area contributed by atoms with Gasteiger partial charge in [-0.15, -0.1) is 5.10 Å². The molecule has 15 heavy (non-hydrogen) atoms.